The Morgan fingerprint density at radius 2 is 1.83 bits per heavy atom. The van der Waals surface area contributed by atoms with Crippen molar-refractivity contribution in [2.24, 2.45) is 5.92 Å². The molecular formula is C24H35N7O5. The van der Waals surface area contributed by atoms with Crippen molar-refractivity contribution in [3.63, 3.8) is 0 Å². The fraction of sp³-hybridized carbons (Fsp3) is 0.667. The zero-order valence-corrected chi connectivity index (χ0v) is 20.5. The fourth-order valence-corrected chi connectivity index (χ4v) is 4.19. The van der Waals surface area contributed by atoms with Gasteiger partial charge in [-0.15, -0.1) is 6.42 Å². The van der Waals surface area contributed by atoms with E-state index in [-0.39, 0.29) is 25.2 Å². The summed E-state index contributed by atoms with van der Waals surface area (Å²) in [6.45, 7) is 4.23. The molecule has 36 heavy (non-hydrogen) atoms. The molecular weight excluding hydrogens is 466 g/mol. The number of carbonyl (C=O) groups is 1. The van der Waals surface area contributed by atoms with E-state index in [0.29, 0.717) is 70.3 Å². The first-order valence-corrected chi connectivity index (χ1v) is 12.5. The van der Waals surface area contributed by atoms with Crippen LogP contribution in [0.1, 0.15) is 25.7 Å². The van der Waals surface area contributed by atoms with E-state index in [1.54, 1.807) is 6.20 Å². The van der Waals surface area contributed by atoms with E-state index < -0.39 is 0 Å². The quantitative estimate of drug-likeness (QED) is 0.173. The molecule has 1 amide bonds. The van der Waals surface area contributed by atoms with Crippen molar-refractivity contribution >= 4 is 28.7 Å². The Labute approximate surface area is 210 Å². The van der Waals surface area contributed by atoms with Gasteiger partial charge in [-0.05, 0) is 12.8 Å². The molecule has 4 rings (SSSR count). The summed E-state index contributed by atoms with van der Waals surface area (Å²) in [5.41, 5.74) is 0.705. The molecule has 1 aliphatic heterocycles. The Morgan fingerprint density at radius 3 is 2.61 bits per heavy atom. The first-order valence-electron chi connectivity index (χ1n) is 12.5. The number of nitrogens with one attached hydrogen (secondary N) is 3. The molecule has 12 heteroatoms. The Bertz CT molecular complexity index is 998. The molecule has 2 aliphatic rings. The lowest BCUT2D eigenvalue weighted by atomic mass is 10.00. The van der Waals surface area contributed by atoms with Gasteiger partial charge < -0.3 is 34.5 Å². The molecule has 2 aromatic rings. The molecule has 3 N–H and O–H groups in total. The van der Waals surface area contributed by atoms with Crippen LogP contribution in [0.2, 0.25) is 0 Å². The lowest BCUT2D eigenvalue weighted by Crippen LogP contribution is -2.54. The topological polar surface area (TPSA) is 136 Å². The number of nitrogens with zero attached hydrogens (tertiary/aromatic N) is 4. The van der Waals surface area contributed by atoms with E-state index >= 15 is 0 Å². The predicted molar refractivity (Wildman–Crippen MR) is 134 cm³/mol. The number of hydrogen-bond acceptors (Lipinski definition) is 10. The standard InChI is InChI=1S/C24H35N7O5/c1-2-8-35-17-36-13-12-34-11-10-33-9-7-25-23(32)18-15-31(16-18)24-28-21(27-19-5-3-4-6-19)20-14-26-30-22(20)29-24/h1,14,18-19H,3-13,15-17H2,(H,25,32)(H2,26,27,28,29,30). The van der Waals surface area contributed by atoms with Crippen molar-refractivity contribution < 1.29 is 23.7 Å². The highest BCUT2D eigenvalue weighted by atomic mass is 16.7. The summed E-state index contributed by atoms with van der Waals surface area (Å²) in [6.07, 6.45) is 11.6. The number of rotatable bonds is 16. The highest BCUT2D eigenvalue weighted by molar-refractivity contribution is 5.87. The molecule has 0 unspecified atom stereocenters. The molecule has 12 nitrogen and oxygen atoms in total. The van der Waals surface area contributed by atoms with Gasteiger partial charge in [0.2, 0.25) is 11.9 Å². The van der Waals surface area contributed by atoms with Gasteiger partial charge in [-0.25, -0.2) is 0 Å². The second-order valence-electron chi connectivity index (χ2n) is 8.83. The lowest BCUT2D eigenvalue weighted by Gasteiger charge is -2.38. The molecule has 0 spiro atoms. The van der Waals surface area contributed by atoms with Crippen LogP contribution in [0.25, 0.3) is 11.0 Å². The molecule has 1 saturated carbocycles. The summed E-state index contributed by atoms with van der Waals surface area (Å²) in [4.78, 5) is 23.8. The molecule has 1 aliphatic carbocycles. The number of anilines is 2. The van der Waals surface area contributed by atoms with Crippen LogP contribution in [0, 0.1) is 18.3 Å². The first-order chi connectivity index (χ1) is 17.7. The average molecular weight is 502 g/mol. The van der Waals surface area contributed by atoms with Crippen molar-refractivity contribution in [3.05, 3.63) is 6.20 Å². The number of aromatic nitrogens is 4. The highest BCUT2D eigenvalue weighted by Crippen LogP contribution is 2.29. The summed E-state index contributed by atoms with van der Waals surface area (Å²) in [7, 11) is 0. The lowest BCUT2D eigenvalue weighted by molar-refractivity contribution is -0.126. The Morgan fingerprint density at radius 1 is 1.08 bits per heavy atom. The van der Waals surface area contributed by atoms with Gasteiger partial charge in [0, 0.05) is 25.7 Å². The van der Waals surface area contributed by atoms with Crippen LogP contribution in [0.3, 0.4) is 0 Å². The number of terminal acetylenes is 1. The van der Waals surface area contributed by atoms with Crippen LogP contribution >= 0.6 is 0 Å². The number of carbonyl (C=O) groups excluding carboxylic acids is 1. The molecule has 3 heterocycles. The van der Waals surface area contributed by atoms with Gasteiger partial charge in [-0.1, -0.05) is 18.8 Å². The Kier molecular flexibility index (Phi) is 10.1. The summed E-state index contributed by atoms with van der Waals surface area (Å²) in [5.74, 6) is 3.71. The number of hydrogen-bond donors (Lipinski definition) is 3. The Hall–Kier alpha value is -2.98. The largest absolute Gasteiger partial charge is 0.377 e. The van der Waals surface area contributed by atoms with Gasteiger partial charge in [-0.2, -0.15) is 15.1 Å². The Balaban J connectivity index is 1.08. The molecule has 1 saturated heterocycles. The van der Waals surface area contributed by atoms with Crippen LogP contribution in [0.5, 0.6) is 0 Å². The number of H-pyrrole nitrogens is 1. The summed E-state index contributed by atoms with van der Waals surface area (Å²) in [6, 6.07) is 0.438. The van der Waals surface area contributed by atoms with Crippen molar-refractivity contribution in [2.75, 3.05) is 76.3 Å². The van der Waals surface area contributed by atoms with Gasteiger partial charge in [0.15, 0.2) is 5.65 Å². The summed E-state index contributed by atoms with van der Waals surface area (Å²) < 4.78 is 21.0. The highest BCUT2D eigenvalue weighted by Gasteiger charge is 2.34. The van der Waals surface area contributed by atoms with Gasteiger partial charge in [0.05, 0.1) is 50.5 Å². The van der Waals surface area contributed by atoms with Gasteiger partial charge >= 0.3 is 0 Å². The summed E-state index contributed by atoms with van der Waals surface area (Å²) in [5, 5.41) is 14.4. The molecule has 0 aromatic carbocycles. The monoisotopic (exact) mass is 501 g/mol. The maximum absolute atomic E-state index is 12.4. The summed E-state index contributed by atoms with van der Waals surface area (Å²) >= 11 is 0. The van der Waals surface area contributed by atoms with Crippen molar-refractivity contribution in [3.8, 4) is 12.3 Å². The van der Waals surface area contributed by atoms with E-state index in [2.05, 4.69) is 31.7 Å². The van der Waals surface area contributed by atoms with Gasteiger partial charge in [0.25, 0.3) is 0 Å². The molecule has 0 bridgehead atoms. The fourth-order valence-electron chi connectivity index (χ4n) is 4.19. The smallest absolute Gasteiger partial charge is 0.229 e. The van der Waals surface area contributed by atoms with Gasteiger partial charge in [0.1, 0.15) is 19.2 Å². The minimum atomic E-state index is -0.0924. The van der Waals surface area contributed by atoms with E-state index in [9.17, 15) is 4.79 Å². The van der Waals surface area contributed by atoms with Crippen molar-refractivity contribution in [1.82, 2.24) is 25.5 Å². The van der Waals surface area contributed by atoms with E-state index in [1.807, 2.05) is 4.90 Å². The number of amides is 1. The van der Waals surface area contributed by atoms with Crippen LogP contribution < -0.4 is 15.5 Å². The van der Waals surface area contributed by atoms with E-state index in [4.69, 9.17) is 30.4 Å². The van der Waals surface area contributed by atoms with Crippen molar-refractivity contribution in [2.45, 2.75) is 31.7 Å². The van der Waals surface area contributed by atoms with Crippen LogP contribution in [0.4, 0.5) is 11.8 Å². The molecule has 0 atom stereocenters. The third kappa shape index (κ3) is 7.51. The molecule has 2 fully saturated rings. The maximum Gasteiger partial charge on any atom is 0.229 e. The average Bonchev–Trinajstić information content (AvgIpc) is 3.53. The zero-order chi connectivity index (χ0) is 25.0. The molecule has 0 radical (unpaired) electrons. The first kappa shape index (κ1) is 26.1. The predicted octanol–water partition coefficient (Wildman–Crippen LogP) is 0.917. The third-order valence-corrected chi connectivity index (χ3v) is 6.17. The van der Waals surface area contributed by atoms with Gasteiger partial charge in [-0.3, -0.25) is 9.89 Å². The minimum absolute atomic E-state index is 0.0159. The second-order valence-corrected chi connectivity index (χ2v) is 8.83. The van der Waals surface area contributed by atoms with E-state index in [0.717, 1.165) is 24.0 Å². The third-order valence-electron chi connectivity index (χ3n) is 6.17. The molecule has 2 aromatic heterocycles. The van der Waals surface area contributed by atoms with Crippen LogP contribution in [0.15, 0.2) is 6.20 Å². The second kappa shape index (κ2) is 13.9. The number of aromatic amines is 1. The van der Waals surface area contributed by atoms with E-state index in [1.165, 1.54) is 12.8 Å². The van der Waals surface area contributed by atoms with Crippen molar-refractivity contribution in [1.29, 1.82) is 0 Å². The maximum atomic E-state index is 12.4. The molecule has 196 valence electrons. The SMILES string of the molecule is C#CCOCOCCOCCOCCNC(=O)C1CN(c2nc(NC3CCCC3)c3cn[nH]c3n2)C1. The van der Waals surface area contributed by atoms with Crippen LogP contribution in [-0.4, -0.2) is 98.2 Å². The normalized spacial score (nSPS) is 16.2. The number of fused-ring (bicyclic) bond motifs is 1. The zero-order valence-electron chi connectivity index (χ0n) is 20.5. The minimum Gasteiger partial charge on any atom is -0.377 e. The number of ether oxygens (including phenoxy) is 4. The van der Waals surface area contributed by atoms with Crippen LogP contribution in [-0.2, 0) is 23.7 Å².